The average Bonchev–Trinajstić information content (AvgIpc) is 3.06. The number of anilines is 4. The number of H-pyrrole nitrogens is 1. The van der Waals surface area contributed by atoms with E-state index in [1.165, 1.54) is 19.2 Å². The van der Waals surface area contributed by atoms with E-state index in [-0.39, 0.29) is 17.5 Å². The second-order valence-electron chi connectivity index (χ2n) is 6.17. The maximum absolute atomic E-state index is 14.2. The van der Waals surface area contributed by atoms with Crippen LogP contribution >= 0.6 is 0 Å². The third-order valence-corrected chi connectivity index (χ3v) is 4.16. The smallest absolute Gasteiger partial charge is 0.417 e. The fourth-order valence-electron chi connectivity index (χ4n) is 2.77. The molecule has 4 rings (SSSR count). The number of fused-ring (bicyclic) bond motifs is 1. The molecular formula is C19H15F2N5O3. The number of methoxy groups -OCH3 is 1. The summed E-state index contributed by atoms with van der Waals surface area (Å²) >= 11 is 0. The predicted molar refractivity (Wildman–Crippen MR) is 103 cm³/mol. The molecule has 2 aromatic heterocycles. The molecule has 0 fully saturated rings. The Morgan fingerprint density at radius 2 is 1.97 bits per heavy atom. The van der Waals surface area contributed by atoms with Gasteiger partial charge in [0.25, 0.3) is 0 Å². The lowest BCUT2D eigenvalue weighted by molar-refractivity contribution is 0.411. The van der Waals surface area contributed by atoms with Crippen molar-refractivity contribution in [1.29, 1.82) is 0 Å². The summed E-state index contributed by atoms with van der Waals surface area (Å²) in [6, 6.07) is 7.50. The van der Waals surface area contributed by atoms with E-state index in [0.717, 1.165) is 6.20 Å². The minimum Gasteiger partial charge on any atom is -0.496 e. The monoisotopic (exact) mass is 399 g/mol. The van der Waals surface area contributed by atoms with Gasteiger partial charge in [-0.15, -0.1) is 0 Å². The normalized spacial score (nSPS) is 10.9. The zero-order valence-electron chi connectivity index (χ0n) is 15.3. The van der Waals surface area contributed by atoms with E-state index in [2.05, 4.69) is 25.6 Å². The Kier molecular flexibility index (Phi) is 4.59. The van der Waals surface area contributed by atoms with Crippen molar-refractivity contribution in [3.63, 3.8) is 0 Å². The van der Waals surface area contributed by atoms with Crippen LogP contribution in [0.5, 0.6) is 5.75 Å². The number of benzene rings is 2. The van der Waals surface area contributed by atoms with Gasteiger partial charge in [0, 0.05) is 11.8 Å². The first-order valence-corrected chi connectivity index (χ1v) is 8.46. The second kappa shape index (κ2) is 7.23. The molecule has 0 aliphatic rings. The molecule has 148 valence electrons. The SMILES string of the molecule is COc1cc(Nc2ncc(F)c(Nc3ccc4oc(=O)[nH]c4c3)n2)c(F)cc1C. The third kappa shape index (κ3) is 3.72. The molecule has 0 atom stereocenters. The summed E-state index contributed by atoms with van der Waals surface area (Å²) in [4.78, 5) is 21.7. The molecule has 0 aliphatic heterocycles. The number of aromatic amines is 1. The molecule has 3 N–H and O–H groups in total. The largest absolute Gasteiger partial charge is 0.496 e. The summed E-state index contributed by atoms with van der Waals surface area (Å²) in [6.45, 7) is 1.71. The Morgan fingerprint density at radius 3 is 2.76 bits per heavy atom. The van der Waals surface area contributed by atoms with Crippen molar-refractivity contribution in [3.8, 4) is 5.75 Å². The van der Waals surface area contributed by atoms with E-state index in [1.807, 2.05) is 0 Å². The maximum atomic E-state index is 14.2. The topological polar surface area (TPSA) is 105 Å². The van der Waals surface area contributed by atoms with Crippen molar-refractivity contribution in [2.75, 3.05) is 17.7 Å². The number of ether oxygens (including phenoxy) is 1. The Bertz CT molecular complexity index is 1270. The van der Waals surface area contributed by atoms with E-state index >= 15 is 0 Å². The highest BCUT2D eigenvalue weighted by Gasteiger charge is 2.12. The first-order chi connectivity index (χ1) is 13.9. The summed E-state index contributed by atoms with van der Waals surface area (Å²) in [6.07, 6.45) is 0.958. The second-order valence-corrected chi connectivity index (χ2v) is 6.17. The van der Waals surface area contributed by atoms with E-state index in [1.54, 1.807) is 25.1 Å². The average molecular weight is 399 g/mol. The zero-order chi connectivity index (χ0) is 20.5. The molecule has 0 radical (unpaired) electrons. The highest BCUT2D eigenvalue weighted by molar-refractivity contribution is 5.78. The molecule has 29 heavy (non-hydrogen) atoms. The highest BCUT2D eigenvalue weighted by atomic mass is 19.1. The minimum atomic E-state index is -0.710. The van der Waals surface area contributed by atoms with Crippen LogP contribution in [0.2, 0.25) is 0 Å². The summed E-state index contributed by atoms with van der Waals surface area (Å²) < 4.78 is 38.5. The van der Waals surface area contributed by atoms with Gasteiger partial charge in [-0.1, -0.05) is 0 Å². The Balaban J connectivity index is 1.62. The van der Waals surface area contributed by atoms with Gasteiger partial charge in [-0.05, 0) is 36.8 Å². The number of oxazole rings is 1. The molecule has 0 saturated heterocycles. The predicted octanol–water partition coefficient (Wildman–Crippen LogP) is 3.99. The van der Waals surface area contributed by atoms with Crippen molar-refractivity contribution < 1.29 is 17.9 Å². The molecule has 0 amide bonds. The first kappa shape index (κ1) is 18.4. The molecule has 0 spiro atoms. The van der Waals surface area contributed by atoms with Crippen LogP contribution in [0.15, 0.2) is 45.7 Å². The van der Waals surface area contributed by atoms with Crippen LogP contribution in [-0.4, -0.2) is 22.1 Å². The Labute approximate surface area is 162 Å². The fourth-order valence-corrected chi connectivity index (χ4v) is 2.77. The molecule has 8 nitrogen and oxygen atoms in total. The molecule has 10 heteroatoms. The van der Waals surface area contributed by atoms with Crippen molar-refractivity contribution in [3.05, 3.63) is 64.3 Å². The molecule has 2 heterocycles. The minimum absolute atomic E-state index is 0.0171. The van der Waals surface area contributed by atoms with Crippen molar-refractivity contribution in [1.82, 2.24) is 15.0 Å². The molecule has 0 aliphatic carbocycles. The van der Waals surface area contributed by atoms with E-state index < -0.39 is 17.4 Å². The van der Waals surface area contributed by atoms with Gasteiger partial charge in [0.2, 0.25) is 5.95 Å². The van der Waals surface area contributed by atoms with E-state index in [4.69, 9.17) is 9.15 Å². The van der Waals surface area contributed by atoms with Crippen molar-refractivity contribution in [2.24, 2.45) is 0 Å². The molecule has 0 unspecified atom stereocenters. The Morgan fingerprint density at radius 1 is 1.14 bits per heavy atom. The number of hydrogen-bond acceptors (Lipinski definition) is 7. The van der Waals surface area contributed by atoms with Crippen LogP contribution in [-0.2, 0) is 0 Å². The van der Waals surface area contributed by atoms with E-state index in [0.29, 0.717) is 28.1 Å². The standard InChI is InChI=1S/C19H15F2N5O3/c1-9-5-11(20)13(7-16(9)28-2)24-18-22-8-12(21)17(26-18)23-10-3-4-15-14(6-10)25-19(27)29-15/h3-8H,1-2H3,(H,25,27)(H2,22,23,24,26). The molecule has 2 aromatic carbocycles. The van der Waals surface area contributed by atoms with Crippen molar-refractivity contribution >= 4 is 34.2 Å². The highest BCUT2D eigenvalue weighted by Crippen LogP contribution is 2.28. The van der Waals surface area contributed by atoms with Gasteiger partial charge in [0.15, 0.2) is 17.2 Å². The molecule has 0 saturated carbocycles. The molecule has 4 aromatic rings. The summed E-state index contributed by atoms with van der Waals surface area (Å²) in [5.74, 6) is -1.49. The number of nitrogens with one attached hydrogen (secondary N) is 3. The number of nitrogens with zero attached hydrogens (tertiary/aromatic N) is 2. The number of rotatable bonds is 5. The van der Waals surface area contributed by atoms with Crippen LogP contribution in [0.3, 0.4) is 0 Å². The number of halogens is 2. The van der Waals surface area contributed by atoms with Crippen LogP contribution in [0.4, 0.5) is 31.9 Å². The van der Waals surface area contributed by atoms with Crippen LogP contribution in [0.25, 0.3) is 11.1 Å². The number of hydrogen-bond donors (Lipinski definition) is 3. The van der Waals surface area contributed by atoms with Gasteiger partial charge in [0.1, 0.15) is 11.6 Å². The third-order valence-electron chi connectivity index (χ3n) is 4.16. The summed E-state index contributed by atoms with van der Waals surface area (Å²) in [7, 11) is 1.48. The summed E-state index contributed by atoms with van der Waals surface area (Å²) in [5.41, 5.74) is 1.99. The van der Waals surface area contributed by atoms with Crippen LogP contribution in [0.1, 0.15) is 5.56 Å². The van der Waals surface area contributed by atoms with Gasteiger partial charge in [-0.3, -0.25) is 4.98 Å². The summed E-state index contributed by atoms with van der Waals surface area (Å²) in [5, 5.41) is 5.51. The molecular weight excluding hydrogens is 384 g/mol. The fraction of sp³-hybridized carbons (Fsp3) is 0.105. The lowest BCUT2D eigenvalue weighted by Crippen LogP contribution is -2.04. The lowest BCUT2D eigenvalue weighted by atomic mass is 10.2. The van der Waals surface area contributed by atoms with Crippen LogP contribution in [0, 0.1) is 18.6 Å². The Hall–Kier alpha value is -3.95. The van der Waals surface area contributed by atoms with E-state index in [9.17, 15) is 13.6 Å². The van der Waals surface area contributed by atoms with Gasteiger partial charge < -0.3 is 19.8 Å². The molecule has 0 bridgehead atoms. The first-order valence-electron chi connectivity index (χ1n) is 8.46. The number of aryl methyl sites for hydroxylation is 1. The zero-order valence-corrected chi connectivity index (χ0v) is 15.3. The lowest BCUT2D eigenvalue weighted by Gasteiger charge is -2.12. The van der Waals surface area contributed by atoms with Crippen LogP contribution < -0.4 is 21.1 Å². The number of aromatic nitrogens is 3. The van der Waals surface area contributed by atoms with Gasteiger partial charge >= 0.3 is 5.76 Å². The van der Waals surface area contributed by atoms with Gasteiger partial charge in [-0.2, -0.15) is 4.98 Å². The van der Waals surface area contributed by atoms with Gasteiger partial charge in [0.05, 0.1) is 24.5 Å². The van der Waals surface area contributed by atoms with Gasteiger partial charge in [-0.25, -0.2) is 18.6 Å². The quantitative estimate of drug-likeness (QED) is 0.466. The maximum Gasteiger partial charge on any atom is 0.417 e. The van der Waals surface area contributed by atoms with Crippen molar-refractivity contribution in [2.45, 2.75) is 6.92 Å².